The first-order valence-corrected chi connectivity index (χ1v) is 8.97. The van der Waals surface area contributed by atoms with Crippen LogP contribution in [0.2, 0.25) is 0 Å². The Morgan fingerprint density at radius 1 is 1.00 bits per heavy atom. The second-order valence-electron chi connectivity index (χ2n) is 6.56. The second kappa shape index (κ2) is 8.86. The van der Waals surface area contributed by atoms with Crippen LogP contribution < -0.4 is 4.90 Å². The summed E-state index contributed by atoms with van der Waals surface area (Å²) in [5.74, 6) is -0.392. The van der Waals surface area contributed by atoms with E-state index in [1.807, 2.05) is 42.5 Å². The third-order valence-electron chi connectivity index (χ3n) is 4.77. The first kappa shape index (κ1) is 19.9. The van der Waals surface area contributed by atoms with Gasteiger partial charge in [-0.25, -0.2) is 0 Å². The van der Waals surface area contributed by atoms with Crippen LogP contribution in [0.3, 0.4) is 0 Å². The maximum Gasteiger partial charge on any atom is 0.278 e. The summed E-state index contributed by atoms with van der Waals surface area (Å²) in [6, 6.07) is 17.6. The number of anilines is 1. The zero-order valence-electron chi connectivity index (χ0n) is 15.3. The number of carbonyl (C=O) groups excluding carboxylic acids is 1. The highest BCUT2D eigenvalue weighted by Gasteiger charge is 2.19. The molecule has 28 heavy (non-hydrogen) atoms. The maximum absolute atomic E-state index is 12.2. The average Bonchev–Trinajstić information content (AvgIpc) is 3.03. The zero-order valence-corrected chi connectivity index (χ0v) is 16.1. The number of fused-ring (bicyclic) bond motifs is 1. The van der Waals surface area contributed by atoms with Gasteiger partial charge in [0.15, 0.2) is 5.69 Å². The number of halogens is 1. The summed E-state index contributed by atoms with van der Waals surface area (Å²) in [6.07, 6.45) is 0. The summed E-state index contributed by atoms with van der Waals surface area (Å²) in [7, 11) is 0. The number of amides is 1. The molecule has 7 nitrogen and oxygen atoms in total. The molecule has 0 atom stereocenters. The van der Waals surface area contributed by atoms with Crippen LogP contribution in [0.5, 0.6) is 5.88 Å². The largest absolute Gasteiger partial charge is 0.493 e. The van der Waals surface area contributed by atoms with Gasteiger partial charge in [-0.3, -0.25) is 9.69 Å². The Morgan fingerprint density at radius 2 is 1.68 bits per heavy atom. The van der Waals surface area contributed by atoms with Crippen LogP contribution in [0.4, 0.5) is 11.4 Å². The molecule has 4 rings (SSSR count). The van der Waals surface area contributed by atoms with E-state index in [0.29, 0.717) is 5.69 Å². The molecule has 1 aliphatic rings. The number of azo groups is 1. The van der Waals surface area contributed by atoms with E-state index in [1.165, 1.54) is 5.69 Å². The number of nitrogens with zero attached hydrogens (tertiary/aromatic N) is 4. The molecule has 1 aromatic heterocycles. The number of rotatable bonds is 4. The molecule has 1 saturated heterocycles. The van der Waals surface area contributed by atoms with Crippen molar-refractivity contribution in [1.82, 2.24) is 9.88 Å². The third kappa shape index (κ3) is 4.32. The molecule has 0 radical (unpaired) electrons. The van der Waals surface area contributed by atoms with E-state index in [9.17, 15) is 9.90 Å². The lowest BCUT2D eigenvalue weighted by atomic mass is 10.2. The minimum absolute atomic E-state index is 0. The number of piperazine rings is 1. The van der Waals surface area contributed by atoms with Gasteiger partial charge in [-0.2, -0.15) is 0 Å². The number of para-hydroxylation sites is 2. The Bertz CT molecular complexity index is 965. The highest BCUT2D eigenvalue weighted by molar-refractivity contribution is 5.94. The molecule has 0 bridgehead atoms. The van der Waals surface area contributed by atoms with Gasteiger partial charge in [-0.1, -0.05) is 36.4 Å². The van der Waals surface area contributed by atoms with Gasteiger partial charge in [0.25, 0.3) is 5.91 Å². The van der Waals surface area contributed by atoms with Crippen molar-refractivity contribution in [3.05, 3.63) is 54.6 Å². The van der Waals surface area contributed by atoms with Gasteiger partial charge >= 0.3 is 0 Å². The molecule has 0 spiro atoms. The average molecular weight is 400 g/mol. The molecular weight excluding hydrogens is 378 g/mol. The van der Waals surface area contributed by atoms with Crippen LogP contribution >= 0.6 is 12.4 Å². The normalized spacial score (nSPS) is 15.1. The lowest BCUT2D eigenvalue weighted by molar-refractivity contribution is -0.119. The minimum atomic E-state index is -0.312. The van der Waals surface area contributed by atoms with E-state index in [-0.39, 0.29) is 30.7 Å². The summed E-state index contributed by atoms with van der Waals surface area (Å²) < 4.78 is 0. The minimum Gasteiger partial charge on any atom is -0.493 e. The van der Waals surface area contributed by atoms with Crippen molar-refractivity contribution in [2.75, 3.05) is 37.6 Å². The SMILES string of the molecule is Cl.O=C(CN1CCN(c2ccccc2)CC1)N=Nc1c(O)[nH]c2ccccc12. The number of H-pyrrole nitrogens is 1. The van der Waals surface area contributed by atoms with Crippen molar-refractivity contribution < 1.29 is 9.90 Å². The molecule has 2 N–H and O–H groups in total. The standard InChI is InChI=1S/C20H21N5O2.ClH/c26-18(22-23-19-16-8-4-5-9-17(16)21-20(19)27)14-24-10-12-25(13-11-24)15-6-2-1-3-7-15;/h1-9,21,27H,10-14H2;1H. The summed E-state index contributed by atoms with van der Waals surface area (Å²) in [6.45, 7) is 3.58. The van der Waals surface area contributed by atoms with E-state index < -0.39 is 0 Å². The summed E-state index contributed by atoms with van der Waals surface area (Å²) in [5, 5.41) is 18.5. The highest BCUT2D eigenvalue weighted by atomic mass is 35.5. The Balaban J connectivity index is 0.00000225. The van der Waals surface area contributed by atoms with Crippen molar-refractivity contribution >= 4 is 40.6 Å². The van der Waals surface area contributed by atoms with Crippen molar-refractivity contribution in [3.8, 4) is 5.88 Å². The first-order valence-electron chi connectivity index (χ1n) is 8.97. The van der Waals surface area contributed by atoms with Crippen LogP contribution in [0, 0.1) is 0 Å². The molecule has 8 heteroatoms. The van der Waals surface area contributed by atoms with E-state index >= 15 is 0 Å². The Hall–Kier alpha value is -2.90. The van der Waals surface area contributed by atoms with Gasteiger partial charge in [0.1, 0.15) is 0 Å². The van der Waals surface area contributed by atoms with Crippen molar-refractivity contribution in [2.24, 2.45) is 10.2 Å². The van der Waals surface area contributed by atoms with Gasteiger partial charge in [0.2, 0.25) is 5.88 Å². The summed E-state index contributed by atoms with van der Waals surface area (Å²) >= 11 is 0. The topological polar surface area (TPSA) is 84.3 Å². The number of aromatic hydroxyl groups is 1. The summed E-state index contributed by atoms with van der Waals surface area (Å²) in [4.78, 5) is 19.4. The third-order valence-corrected chi connectivity index (χ3v) is 4.77. The predicted octanol–water partition coefficient (Wildman–Crippen LogP) is 3.73. The van der Waals surface area contributed by atoms with E-state index in [2.05, 4.69) is 37.1 Å². The zero-order chi connectivity index (χ0) is 18.6. The molecule has 0 unspecified atom stereocenters. The number of nitrogens with one attached hydrogen (secondary N) is 1. The molecule has 1 aliphatic heterocycles. The number of benzene rings is 2. The monoisotopic (exact) mass is 399 g/mol. The number of aromatic nitrogens is 1. The number of carbonyl (C=O) groups is 1. The molecule has 146 valence electrons. The van der Waals surface area contributed by atoms with Crippen LogP contribution in [-0.4, -0.2) is 53.6 Å². The van der Waals surface area contributed by atoms with Crippen LogP contribution in [-0.2, 0) is 4.79 Å². The Kier molecular flexibility index (Phi) is 6.28. The van der Waals surface area contributed by atoms with Crippen LogP contribution in [0.25, 0.3) is 10.9 Å². The fourth-order valence-corrected chi connectivity index (χ4v) is 3.35. The molecule has 1 amide bonds. The summed E-state index contributed by atoms with van der Waals surface area (Å²) in [5.41, 5.74) is 2.26. The van der Waals surface area contributed by atoms with Gasteiger partial charge in [0, 0.05) is 37.3 Å². The van der Waals surface area contributed by atoms with Gasteiger partial charge in [-0.05, 0) is 18.2 Å². The molecule has 2 aromatic carbocycles. The fraction of sp³-hybridized carbons (Fsp3) is 0.250. The van der Waals surface area contributed by atoms with Gasteiger partial charge in [-0.15, -0.1) is 22.6 Å². The smallest absolute Gasteiger partial charge is 0.278 e. The van der Waals surface area contributed by atoms with E-state index in [4.69, 9.17) is 0 Å². The molecule has 2 heterocycles. The quantitative estimate of drug-likeness (QED) is 0.655. The van der Waals surface area contributed by atoms with Crippen molar-refractivity contribution in [1.29, 1.82) is 0 Å². The highest BCUT2D eigenvalue weighted by Crippen LogP contribution is 2.35. The lowest BCUT2D eigenvalue weighted by Crippen LogP contribution is -2.47. The van der Waals surface area contributed by atoms with E-state index in [1.54, 1.807) is 0 Å². The second-order valence-corrected chi connectivity index (χ2v) is 6.56. The van der Waals surface area contributed by atoms with Gasteiger partial charge in [0.05, 0.1) is 12.1 Å². The fourth-order valence-electron chi connectivity index (χ4n) is 3.35. The molecule has 3 aromatic rings. The van der Waals surface area contributed by atoms with Gasteiger partial charge < -0.3 is 15.0 Å². The molecular formula is C20H22ClN5O2. The lowest BCUT2D eigenvalue weighted by Gasteiger charge is -2.35. The van der Waals surface area contributed by atoms with Crippen molar-refractivity contribution in [2.45, 2.75) is 0 Å². The number of aromatic amines is 1. The van der Waals surface area contributed by atoms with Crippen LogP contribution in [0.1, 0.15) is 0 Å². The maximum atomic E-state index is 12.2. The molecule has 0 aliphatic carbocycles. The number of hydrogen-bond donors (Lipinski definition) is 2. The number of hydrogen-bond acceptors (Lipinski definition) is 5. The predicted molar refractivity (Wildman–Crippen MR) is 112 cm³/mol. The Morgan fingerprint density at radius 3 is 2.43 bits per heavy atom. The Labute approximate surface area is 169 Å². The van der Waals surface area contributed by atoms with E-state index in [0.717, 1.165) is 37.1 Å². The first-order chi connectivity index (χ1) is 13.2. The van der Waals surface area contributed by atoms with Crippen LogP contribution in [0.15, 0.2) is 64.8 Å². The molecule has 1 fully saturated rings. The van der Waals surface area contributed by atoms with Crippen molar-refractivity contribution in [3.63, 3.8) is 0 Å². The molecule has 0 saturated carbocycles.